The highest BCUT2D eigenvalue weighted by atomic mass is 16.5. The number of nitrogens with one attached hydrogen (secondary N) is 1. The maximum Gasteiger partial charge on any atom is 0.232 e. The first-order valence-corrected chi connectivity index (χ1v) is 8.04. The Morgan fingerprint density at radius 1 is 1.20 bits per heavy atom. The summed E-state index contributed by atoms with van der Waals surface area (Å²) in [7, 11) is 1.59. The summed E-state index contributed by atoms with van der Waals surface area (Å²) in [6.07, 6.45) is 0.169. The van der Waals surface area contributed by atoms with Gasteiger partial charge in [0, 0.05) is 30.0 Å². The normalized spacial score (nSPS) is 16.8. The molecule has 7 nitrogen and oxygen atoms in total. The van der Waals surface area contributed by atoms with Gasteiger partial charge in [-0.15, -0.1) is 0 Å². The molecule has 2 aromatic rings. The van der Waals surface area contributed by atoms with E-state index in [0.717, 1.165) is 22.8 Å². The van der Waals surface area contributed by atoms with Crippen LogP contribution in [0.2, 0.25) is 0 Å². The molecule has 3 rings (SSSR count). The van der Waals surface area contributed by atoms with E-state index < -0.39 is 5.92 Å². The number of aromatic nitrogens is 2. The van der Waals surface area contributed by atoms with Crippen LogP contribution in [0.4, 0.5) is 11.6 Å². The molecule has 1 aliphatic rings. The standard InChI is InChI=1S/C18H20N4O3/c1-11-8-12(2)20-18(19-11)21-17(24)13-9-16(23)22(10-13)14-4-6-15(25-3)7-5-14/h4-8,13H,9-10H2,1-3H3,(H,19,20,21,24). The summed E-state index contributed by atoms with van der Waals surface area (Å²) in [5.41, 5.74) is 2.32. The number of carbonyl (C=O) groups excluding carboxylic acids is 2. The number of anilines is 2. The molecule has 2 heterocycles. The van der Waals surface area contributed by atoms with Gasteiger partial charge < -0.3 is 9.64 Å². The molecule has 1 aromatic carbocycles. The first-order chi connectivity index (χ1) is 12.0. The van der Waals surface area contributed by atoms with Crippen molar-refractivity contribution in [1.29, 1.82) is 0 Å². The zero-order valence-corrected chi connectivity index (χ0v) is 14.4. The number of aryl methyl sites for hydroxylation is 2. The summed E-state index contributed by atoms with van der Waals surface area (Å²) in [4.78, 5) is 34.8. The van der Waals surface area contributed by atoms with Crippen LogP contribution in [-0.2, 0) is 9.59 Å². The highest BCUT2D eigenvalue weighted by Gasteiger charge is 2.35. The second-order valence-electron chi connectivity index (χ2n) is 6.07. The SMILES string of the molecule is COc1ccc(N2CC(C(=O)Nc3nc(C)cc(C)n3)CC2=O)cc1. The fraction of sp³-hybridized carbons (Fsp3) is 0.333. The molecule has 0 saturated carbocycles. The third-order valence-corrected chi connectivity index (χ3v) is 4.10. The van der Waals surface area contributed by atoms with E-state index in [-0.39, 0.29) is 24.2 Å². The minimum Gasteiger partial charge on any atom is -0.497 e. The van der Waals surface area contributed by atoms with E-state index >= 15 is 0 Å². The van der Waals surface area contributed by atoms with Crippen molar-refractivity contribution < 1.29 is 14.3 Å². The Morgan fingerprint density at radius 2 is 1.84 bits per heavy atom. The fourth-order valence-corrected chi connectivity index (χ4v) is 2.89. The molecular weight excluding hydrogens is 320 g/mol. The summed E-state index contributed by atoms with van der Waals surface area (Å²) in [6.45, 7) is 4.02. The largest absolute Gasteiger partial charge is 0.497 e. The Labute approximate surface area is 146 Å². The lowest BCUT2D eigenvalue weighted by Gasteiger charge is -2.17. The Morgan fingerprint density at radius 3 is 2.44 bits per heavy atom. The van der Waals surface area contributed by atoms with Gasteiger partial charge in [0.2, 0.25) is 17.8 Å². The molecule has 1 aromatic heterocycles. The number of nitrogens with zero attached hydrogens (tertiary/aromatic N) is 3. The molecule has 0 radical (unpaired) electrons. The fourth-order valence-electron chi connectivity index (χ4n) is 2.89. The minimum absolute atomic E-state index is 0.0772. The molecule has 25 heavy (non-hydrogen) atoms. The molecule has 130 valence electrons. The first kappa shape index (κ1) is 16.9. The van der Waals surface area contributed by atoms with Crippen molar-refractivity contribution in [3.63, 3.8) is 0 Å². The predicted octanol–water partition coefficient (Wildman–Crippen LogP) is 2.09. The number of ether oxygens (including phenoxy) is 1. The first-order valence-electron chi connectivity index (χ1n) is 8.04. The van der Waals surface area contributed by atoms with Crippen LogP contribution in [0.5, 0.6) is 5.75 Å². The molecule has 1 unspecified atom stereocenters. The average Bonchev–Trinajstić information content (AvgIpc) is 2.96. The predicted molar refractivity (Wildman–Crippen MR) is 93.6 cm³/mol. The summed E-state index contributed by atoms with van der Waals surface area (Å²) < 4.78 is 5.12. The van der Waals surface area contributed by atoms with Crippen LogP contribution in [0.15, 0.2) is 30.3 Å². The molecule has 7 heteroatoms. The van der Waals surface area contributed by atoms with Crippen molar-refractivity contribution in [3.05, 3.63) is 41.7 Å². The van der Waals surface area contributed by atoms with Crippen molar-refractivity contribution >= 4 is 23.5 Å². The van der Waals surface area contributed by atoms with Gasteiger partial charge in [0.1, 0.15) is 5.75 Å². The number of hydrogen-bond acceptors (Lipinski definition) is 5. The van der Waals surface area contributed by atoms with Gasteiger partial charge in [0.05, 0.1) is 13.0 Å². The number of amides is 2. The number of methoxy groups -OCH3 is 1. The topological polar surface area (TPSA) is 84.4 Å². The Balaban J connectivity index is 1.69. The number of benzene rings is 1. The monoisotopic (exact) mass is 340 g/mol. The average molecular weight is 340 g/mol. The highest BCUT2D eigenvalue weighted by Crippen LogP contribution is 2.27. The molecule has 0 aliphatic carbocycles. The summed E-state index contributed by atoms with van der Waals surface area (Å²) in [5, 5.41) is 2.72. The molecule has 1 N–H and O–H groups in total. The molecule has 0 spiro atoms. The van der Waals surface area contributed by atoms with E-state index in [2.05, 4.69) is 15.3 Å². The van der Waals surface area contributed by atoms with Gasteiger partial charge in [-0.25, -0.2) is 9.97 Å². The van der Waals surface area contributed by atoms with Crippen LogP contribution in [0.25, 0.3) is 0 Å². The Kier molecular flexibility index (Phi) is 4.65. The molecule has 1 aliphatic heterocycles. The van der Waals surface area contributed by atoms with E-state index in [1.54, 1.807) is 24.1 Å². The summed E-state index contributed by atoms with van der Waals surface area (Å²) in [5.74, 6) is 0.245. The highest BCUT2D eigenvalue weighted by molar-refractivity contribution is 6.03. The van der Waals surface area contributed by atoms with Crippen molar-refractivity contribution in [3.8, 4) is 5.75 Å². The second-order valence-corrected chi connectivity index (χ2v) is 6.07. The zero-order valence-electron chi connectivity index (χ0n) is 14.4. The van der Waals surface area contributed by atoms with E-state index in [1.807, 2.05) is 32.0 Å². The number of hydrogen-bond donors (Lipinski definition) is 1. The van der Waals surface area contributed by atoms with Crippen LogP contribution in [0.1, 0.15) is 17.8 Å². The zero-order chi connectivity index (χ0) is 18.0. The lowest BCUT2D eigenvalue weighted by atomic mass is 10.1. The van der Waals surface area contributed by atoms with Crippen LogP contribution in [-0.4, -0.2) is 35.4 Å². The van der Waals surface area contributed by atoms with Gasteiger partial charge in [-0.1, -0.05) is 0 Å². The quantitative estimate of drug-likeness (QED) is 0.921. The lowest BCUT2D eigenvalue weighted by molar-refractivity contribution is -0.122. The smallest absolute Gasteiger partial charge is 0.232 e. The maximum absolute atomic E-state index is 12.5. The Hall–Kier alpha value is -2.96. The van der Waals surface area contributed by atoms with Crippen molar-refractivity contribution in [1.82, 2.24) is 9.97 Å². The van der Waals surface area contributed by atoms with E-state index in [9.17, 15) is 9.59 Å². The van der Waals surface area contributed by atoms with Crippen LogP contribution >= 0.6 is 0 Å². The van der Waals surface area contributed by atoms with Gasteiger partial charge in [-0.05, 0) is 44.2 Å². The Bertz CT molecular complexity index is 784. The van der Waals surface area contributed by atoms with Crippen LogP contribution in [0, 0.1) is 19.8 Å². The van der Waals surface area contributed by atoms with Gasteiger partial charge >= 0.3 is 0 Å². The van der Waals surface area contributed by atoms with E-state index in [4.69, 9.17) is 4.74 Å². The van der Waals surface area contributed by atoms with Gasteiger partial charge in [-0.2, -0.15) is 0 Å². The van der Waals surface area contributed by atoms with Gasteiger partial charge in [-0.3, -0.25) is 14.9 Å². The van der Waals surface area contributed by atoms with Gasteiger partial charge in [0.25, 0.3) is 0 Å². The molecule has 1 saturated heterocycles. The number of carbonyl (C=O) groups is 2. The minimum atomic E-state index is -0.431. The summed E-state index contributed by atoms with van der Waals surface area (Å²) in [6, 6.07) is 9.03. The van der Waals surface area contributed by atoms with E-state index in [0.29, 0.717) is 6.54 Å². The van der Waals surface area contributed by atoms with E-state index in [1.165, 1.54) is 0 Å². The second kappa shape index (κ2) is 6.88. The van der Waals surface area contributed by atoms with Crippen molar-refractivity contribution in [2.45, 2.75) is 20.3 Å². The number of rotatable bonds is 4. The van der Waals surface area contributed by atoms with Crippen LogP contribution < -0.4 is 15.0 Å². The molecule has 0 bridgehead atoms. The molecule has 1 fully saturated rings. The molecular formula is C18H20N4O3. The molecule has 2 amide bonds. The van der Waals surface area contributed by atoms with Crippen LogP contribution in [0.3, 0.4) is 0 Å². The summed E-state index contributed by atoms with van der Waals surface area (Å²) >= 11 is 0. The van der Waals surface area contributed by atoms with Crippen molar-refractivity contribution in [2.24, 2.45) is 5.92 Å². The third-order valence-electron chi connectivity index (χ3n) is 4.10. The van der Waals surface area contributed by atoms with Gasteiger partial charge in [0.15, 0.2) is 0 Å². The van der Waals surface area contributed by atoms with Crippen molar-refractivity contribution in [2.75, 3.05) is 23.9 Å². The third kappa shape index (κ3) is 3.76. The lowest BCUT2D eigenvalue weighted by Crippen LogP contribution is -2.28. The maximum atomic E-state index is 12.5. The molecule has 1 atom stereocenters.